The van der Waals surface area contributed by atoms with Crippen LogP contribution < -0.4 is 10.6 Å². The van der Waals surface area contributed by atoms with Crippen molar-refractivity contribution in [2.75, 3.05) is 31.6 Å². The van der Waals surface area contributed by atoms with Gasteiger partial charge in [0.25, 0.3) is 11.8 Å². The number of ether oxygens (including phenoxy) is 1. The topological polar surface area (TPSA) is 83.8 Å². The Morgan fingerprint density at radius 2 is 1.83 bits per heavy atom. The number of carbonyl (C=O) groups is 2. The van der Waals surface area contributed by atoms with Gasteiger partial charge in [0, 0.05) is 29.8 Å². The maximum Gasteiger partial charge on any atom is 0.272 e. The number of amides is 2. The number of carbonyl (C=O) groups excluding carboxylic acids is 2. The van der Waals surface area contributed by atoms with Crippen molar-refractivity contribution in [2.24, 2.45) is 0 Å². The largest absolute Gasteiger partial charge is 0.450 e. The molecule has 0 unspecified atom stereocenters. The van der Waals surface area contributed by atoms with Crippen molar-refractivity contribution < 1.29 is 23.1 Å². The fourth-order valence-corrected chi connectivity index (χ4v) is 4.57. The Bertz CT molecular complexity index is 1290. The zero-order valence-corrected chi connectivity index (χ0v) is 21.2. The summed E-state index contributed by atoms with van der Waals surface area (Å²) in [4.78, 5) is 27.8. The zero-order chi connectivity index (χ0) is 25.5. The summed E-state index contributed by atoms with van der Waals surface area (Å²) in [6.45, 7) is 2.63. The highest BCUT2D eigenvalue weighted by molar-refractivity contribution is 8.22. The molecule has 2 N–H and O–H groups in total. The van der Waals surface area contributed by atoms with Gasteiger partial charge in [0.05, 0.1) is 18.9 Å². The average Bonchev–Trinajstić information content (AvgIpc) is 3.32. The van der Waals surface area contributed by atoms with E-state index in [4.69, 9.17) is 33.0 Å². The van der Waals surface area contributed by atoms with Gasteiger partial charge in [0.1, 0.15) is 21.6 Å². The molecule has 0 saturated carbocycles. The van der Waals surface area contributed by atoms with E-state index in [-0.39, 0.29) is 16.4 Å². The number of thiocarbonyl (C=S) groups is 1. The van der Waals surface area contributed by atoms with Crippen LogP contribution in [0.2, 0.25) is 5.02 Å². The number of halogens is 2. The van der Waals surface area contributed by atoms with E-state index in [1.807, 2.05) is 4.90 Å². The number of rotatable bonds is 6. The number of morpholine rings is 1. The molecule has 3 aromatic rings. The summed E-state index contributed by atoms with van der Waals surface area (Å²) in [7, 11) is 0. The second kappa shape index (κ2) is 12.2. The summed E-state index contributed by atoms with van der Waals surface area (Å²) in [5.41, 5.74) is 0.121. The van der Waals surface area contributed by atoms with Crippen LogP contribution in [-0.4, -0.2) is 47.3 Å². The Hall–Kier alpha value is -3.18. The predicted molar refractivity (Wildman–Crippen MR) is 141 cm³/mol. The third-order valence-corrected chi connectivity index (χ3v) is 6.65. The first-order valence-corrected chi connectivity index (χ1v) is 12.5. The monoisotopic (exact) mass is 545 g/mol. The van der Waals surface area contributed by atoms with Crippen LogP contribution in [0.3, 0.4) is 0 Å². The molecule has 2 aromatic carbocycles. The Balaban J connectivity index is 1.54. The summed E-state index contributed by atoms with van der Waals surface area (Å²) in [6, 6.07) is 15.6. The van der Waals surface area contributed by atoms with Gasteiger partial charge in [0.15, 0.2) is 5.09 Å². The molecule has 1 aliphatic heterocycles. The van der Waals surface area contributed by atoms with Gasteiger partial charge in [-0.05, 0) is 54.2 Å². The van der Waals surface area contributed by atoms with Crippen molar-refractivity contribution in [3.05, 3.63) is 88.5 Å². The molecule has 2 amide bonds. The Kier molecular flexibility index (Phi) is 8.76. The van der Waals surface area contributed by atoms with Crippen LogP contribution in [0.1, 0.15) is 16.1 Å². The molecule has 0 aliphatic carbocycles. The third-order valence-electron chi connectivity index (χ3n) is 5.05. The molecule has 0 atom stereocenters. The van der Waals surface area contributed by atoms with E-state index in [2.05, 4.69) is 10.6 Å². The van der Waals surface area contributed by atoms with Crippen LogP contribution in [0, 0.1) is 5.82 Å². The third kappa shape index (κ3) is 6.94. The molecule has 11 heteroatoms. The van der Waals surface area contributed by atoms with E-state index in [1.54, 1.807) is 42.5 Å². The quantitative estimate of drug-likeness (QED) is 0.250. The Morgan fingerprint density at radius 3 is 2.56 bits per heavy atom. The lowest BCUT2D eigenvalue weighted by molar-refractivity contribution is -0.113. The maximum atomic E-state index is 14.3. The van der Waals surface area contributed by atoms with E-state index in [0.717, 1.165) is 6.07 Å². The number of furan rings is 1. The molecule has 2 heterocycles. The van der Waals surface area contributed by atoms with Crippen LogP contribution in [0.4, 0.5) is 10.1 Å². The molecule has 7 nitrogen and oxygen atoms in total. The van der Waals surface area contributed by atoms with E-state index in [9.17, 15) is 14.0 Å². The van der Waals surface area contributed by atoms with Crippen LogP contribution in [0.15, 0.2) is 75.9 Å². The zero-order valence-electron chi connectivity index (χ0n) is 18.8. The summed E-state index contributed by atoms with van der Waals surface area (Å²) in [5.74, 6) is -1.66. The number of hydrogen-bond donors (Lipinski definition) is 2. The van der Waals surface area contributed by atoms with Gasteiger partial charge < -0.3 is 24.7 Å². The van der Waals surface area contributed by atoms with Crippen molar-refractivity contribution in [3.8, 4) is 0 Å². The lowest BCUT2D eigenvalue weighted by atomic mass is 10.2. The molecule has 186 valence electrons. The standard InChI is InChI=1S/C25H21ClFN3O4S2/c26-17-6-8-20(19(27)14-17)28-24(32)21(29-23(31)16-4-2-1-3-5-16)15-18-7-9-22(34-18)36-25(35)30-10-12-33-13-11-30/h1-9,14-15H,10-13H2,(H,28,32)(H,29,31)/b21-15+. The lowest BCUT2D eigenvalue weighted by Crippen LogP contribution is -2.38. The van der Waals surface area contributed by atoms with E-state index >= 15 is 0 Å². The van der Waals surface area contributed by atoms with Crippen LogP contribution in [0.25, 0.3) is 6.08 Å². The Labute approximate surface area is 221 Å². The molecule has 1 saturated heterocycles. The summed E-state index contributed by atoms with van der Waals surface area (Å²) in [5, 5.41) is 5.75. The molecular weight excluding hydrogens is 525 g/mol. The highest BCUT2D eigenvalue weighted by atomic mass is 35.5. The summed E-state index contributed by atoms with van der Waals surface area (Å²) < 4.78 is 26.1. The van der Waals surface area contributed by atoms with Crippen molar-refractivity contribution in [2.45, 2.75) is 5.09 Å². The van der Waals surface area contributed by atoms with Crippen LogP contribution in [0.5, 0.6) is 0 Å². The number of thioether (sulfide) groups is 1. The number of nitrogens with zero attached hydrogens (tertiary/aromatic N) is 1. The van der Waals surface area contributed by atoms with Crippen molar-refractivity contribution in [1.82, 2.24) is 10.2 Å². The smallest absolute Gasteiger partial charge is 0.272 e. The van der Waals surface area contributed by atoms with E-state index in [1.165, 1.54) is 30.0 Å². The van der Waals surface area contributed by atoms with E-state index in [0.29, 0.717) is 47.0 Å². The first kappa shape index (κ1) is 25.9. The maximum absolute atomic E-state index is 14.3. The first-order chi connectivity index (χ1) is 17.4. The second-order valence-electron chi connectivity index (χ2n) is 7.58. The van der Waals surface area contributed by atoms with Crippen molar-refractivity contribution in [3.63, 3.8) is 0 Å². The number of benzene rings is 2. The highest BCUT2D eigenvalue weighted by Gasteiger charge is 2.19. The van der Waals surface area contributed by atoms with E-state index < -0.39 is 17.6 Å². The molecule has 0 radical (unpaired) electrons. The Morgan fingerprint density at radius 1 is 1.08 bits per heavy atom. The van der Waals surface area contributed by atoms with Gasteiger partial charge in [-0.15, -0.1) is 0 Å². The minimum atomic E-state index is -0.741. The number of nitrogens with one attached hydrogen (secondary N) is 2. The molecule has 1 aromatic heterocycles. The van der Waals surface area contributed by atoms with Gasteiger partial charge in [-0.25, -0.2) is 4.39 Å². The minimum absolute atomic E-state index is 0.0872. The average molecular weight is 546 g/mol. The van der Waals surface area contributed by atoms with Gasteiger partial charge in [-0.3, -0.25) is 9.59 Å². The van der Waals surface area contributed by atoms with Crippen LogP contribution >= 0.6 is 35.6 Å². The minimum Gasteiger partial charge on any atom is -0.450 e. The second-order valence-corrected chi connectivity index (χ2v) is 9.66. The normalized spacial score (nSPS) is 13.8. The first-order valence-electron chi connectivity index (χ1n) is 10.9. The predicted octanol–water partition coefficient (Wildman–Crippen LogP) is 5.19. The summed E-state index contributed by atoms with van der Waals surface area (Å²) in [6.07, 6.45) is 1.37. The van der Waals surface area contributed by atoms with Gasteiger partial charge in [-0.2, -0.15) is 0 Å². The van der Waals surface area contributed by atoms with Gasteiger partial charge in [-0.1, -0.05) is 42.0 Å². The summed E-state index contributed by atoms with van der Waals surface area (Å²) >= 11 is 12.6. The molecule has 1 aliphatic rings. The van der Waals surface area contributed by atoms with Gasteiger partial charge >= 0.3 is 0 Å². The van der Waals surface area contributed by atoms with Crippen molar-refractivity contribution in [1.29, 1.82) is 0 Å². The fraction of sp³-hybridized carbons (Fsp3) is 0.160. The molecule has 1 fully saturated rings. The molecule has 0 spiro atoms. The number of hydrogen-bond acceptors (Lipinski definition) is 6. The SMILES string of the molecule is O=C(Nc1ccc(Cl)cc1F)/C(=C\c1ccc(SC(=S)N2CCOCC2)o1)NC(=O)c1ccccc1. The molecule has 4 rings (SSSR count). The lowest BCUT2D eigenvalue weighted by Gasteiger charge is -2.28. The fourth-order valence-electron chi connectivity index (χ4n) is 3.23. The molecule has 36 heavy (non-hydrogen) atoms. The van der Waals surface area contributed by atoms with Crippen molar-refractivity contribution >= 4 is 63.5 Å². The molecular formula is C25H21ClFN3O4S2. The number of anilines is 1. The van der Waals surface area contributed by atoms with Crippen LogP contribution in [-0.2, 0) is 9.53 Å². The molecule has 0 bridgehead atoms. The highest BCUT2D eigenvalue weighted by Crippen LogP contribution is 2.26. The van der Waals surface area contributed by atoms with Gasteiger partial charge in [0.2, 0.25) is 0 Å².